The molecule has 0 aromatic heterocycles. The van der Waals surface area contributed by atoms with E-state index in [2.05, 4.69) is 13.8 Å². The lowest BCUT2D eigenvalue weighted by atomic mass is 9.45. The van der Waals surface area contributed by atoms with Gasteiger partial charge in [-0.3, -0.25) is 9.59 Å². The van der Waals surface area contributed by atoms with Crippen LogP contribution >= 0.6 is 0 Å². The van der Waals surface area contributed by atoms with E-state index < -0.39 is 0 Å². The number of hydrogen-bond acceptors (Lipinski definition) is 4. The number of esters is 1. The molecule has 4 aliphatic carbocycles. The Labute approximate surface area is 157 Å². The third kappa shape index (κ3) is 2.75. The summed E-state index contributed by atoms with van der Waals surface area (Å²) in [5.74, 6) is 3.17. The fourth-order valence-electron chi connectivity index (χ4n) is 7.46. The molecule has 4 rings (SSSR count). The van der Waals surface area contributed by atoms with Crippen molar-refractivity contribution in [3.8, 4) is 0 Å². The Morgan fingerprint density at radius 3 is 2.69 bits per heavy atom. The topological polar surface area (TPSA) is 69.4 Å². The first-order valence-corrected chi connectivity index (χ1v) is 10.8. The molecule has 4 aliphatic rings. The minimum atomic E-state index is -0.132. The number of hydrogen-bond donors (Lipinski definition) is 1. The van der Waals surface area contributed by atoms with Crippen LogP contribution < -0.4 is 5.73 Å². The molecule has 4 saturated carbocycles. The molecule has 0 saturated heterocycles. The second-order valence-corrected chi connectivity index (χ2v) is 10.00. The lowest BCUT2D eigenvalue weighted by molar-refractivity contribution is -0.162. The van der Waals surface area contributed by atoms with Crippen molar-refractivity contribution in [1.82, 2.24) is 0 Å². The maximum atomic E-state index is 12.5. The highest BCUT2D eigenvalue weighted by Crippen LogP contribution is 2.65. The van der Waals surface area contributed by atoms with E-state index in [1.54, 1.807) is 0 Å². The zero-order valence-corrected chi connectivity index (χ0v) is 16.5. The second kappa shape index (κ2) is 6.61. The lowest BCUT2D eigenvalue weighted by Crippen LogP contribution is -2.54. The molecule has 146 valence electrons. The van der Waals surface area contributed by atoms with Crippen molar-refractivity contribution in [2.45, 2.75) is 84.2 Å². The molecule has 0 bridgehead atoms. The van der Waals surface area contributed by atoms with E-state index in [-0.39, 0.29) is 17.5 Å². The van der Waals surface area contributed by atoms with Crippen molar-refractivity contribution in [3.63, 3.8) is 0 Å². The van der Waals surface area contributed by atoms with E-state index in [4.69, 9.17) is 10.5 Å². The van der Waals surface area contributed by atoms with Crippen LogP contribution in [0.1, 0.15) is 78.1 Å². The summed E-state index contributed by atoms with van der Waals surface area (Å²) >= 11 is 0. The maximum absolute atomic E-state index is 12.5. The number of carbonyl (C=O) groups is 2. The highest BCUT2D eigenvalue weighted by Gasteiger charge is 2.60. The summed E-state index contributed by atoms with van der Waals surface area (Å²) < 4.78 is 5.70. The van der Waals surface area contributed by atoms with Gasteiger partial charge >= 0.3 is 5.97 Å². The van der Waals surface area contributed by atoms with Crippen LogP contribution in [0.3, 0.4) is 0 Å². The normalized spacial score (nSPS) is 47.7. The van der Waals surface area contributed by atoms with Crippen LogP contribution in [-0.2, 0) is 14.3 Å². The summed E-state index contributed by atoms with van der Waals surface area (Å²) in [6.07, 6.45) is 10.3. The largest absolute Gasteiger partial charge is 0.462 e. The Morgan fingerprint density at radius 1 is 1.12 bits per heavy atom. The van der Waals surface area contributed by atoms with E-state index in [9.17, 15) is 9.59 Å². The van der Waals surface area contributed by atoms with Gasteiger partial charge in [-0.15, -0.1) is 0 Å². The molecule has 4 heteroatoms. The van der Waals surface area contributed by atoms with Crippen LogP contribution in [-0.4, -0.2) is 24.4 Å². The minimum absolute atomic E-state index is 0.0285. The van der Waals surface area contributed by atoms with E-state index in [1.807, 2.05) is 0 Å². The molecular weight excluding hydrogens is 326 g/mol. The minimum Gasteiger partial charge on any atom is -0.462 e. The Balaban J connectivity index is 1.47. The number of rotatable bonds is 3. The van der Waals surface area contributed by atoms with Gasteiger partial charge in [-0.05, 0) is 80.5 Å². The predicted octanol–water partition coefficient (Wildman–Crippen LogP) is 3.86. The number of ether oxygens (including phenoxy) is 1. The van der Waals surface area contributed by atoms with Crippen LogP contribution in [0, 0.1) is 34.5 Å². The summed E-state index contributed by atoms with van der Waals surface area (Å²) in [5, 5.41) is 0. The highest BCUT2D eigenvalue weighted by atomic mass is 16.5. The molecule has 26 heavy (non-hydrogen) atoms. The Kier molecular flexibility index (Phi) is 4.70. The van der Waals surface area contributed by atoms with Crippen LogP contribution in [0.5, 0.6) is 0 Å². The highest BCUT2D eigenvalue weighted by molar-refractivity contribution is 5.87. The van der Waals surface area contributed by atoms with Gasteiger partial charge in [0.05, 0.1) is 6.42 Å². The van der Waals surface area contributed by atoms with Crippen LogP contribution in [0.25, 0.3) is 0 Å². The molecule has 0 aliphatic heterocycles. The average molecular weight is 362 g/mol. The monoisotopic (exact) mass is 361 g/mol. The number of carbonyl (C=O) groups excluding carboxylic acids is 2. The molecule has 4 fully saturated rings. The summed E-state index contributed by atoms with van der Waals surface area (Å²) in [7, 11) is 0. The van der Waals surface area contributed by atoms with Gasteiger partial charge in [0, 0.05) is 18.4 Å². The third-order valence-electron chi connectivity index (χ3n) is 8.97. The van der Waals surface area contributed by atoms with Gasteiger partial charge in [-0.25, -0.2) is 0 Å². The number of nitrogens with two attached hydrogens (primary N) is 1. The van der Waals surface area contributed by atoms with Gasteiger partial charge < -0.3 is 10.5 Å². The molecule has 0 spiro atoms. The van der Waals surface area contributed by atoms with Crippen LogP contribution in [0.4, 0.5) is 0 Å². The molecule has 0 amide bonds. The van der Waals surface area contributed by atoms with Gasteiger partial charge in [0.15, 0.2) is 0 Å². The van der Waals surface area contributed by atoms with E-state index >= 15 is 0 Å². The second-order valence-electron chi connectivity index (χ2n) is 10.00. The smallest absolute Gasteiger partial charge is 0.307 e. The Bertz CT molecular complexity index is 590. The van der Waals surface area contributed by atoms with Crippen LogP contribution in [0.15, 0.2) is 0 Å². The van der Waals surface area contributed by atoms with Gasteiger partial charge in [-0.1, -0.05) is 13.8 Å². The molecule has 0 heterocycles. The van der Waals surface area contributed by atoms with Crippen molar-refractivity contribution in [1.29, 1.82) is 0 Å². The van der Waals surface area contributed by atoms with E-state index in [1.165, 1.54) is 19.3 Å². The first kappa shape index (κ1) is 18.5. The van der Waals surface area contributed by atoms with Crippen molar-refractivity contribution >= 4 is 11.8 Å². The van der Waals surface area contributed by atoms with E-state index in [0.29, 0.717) is 36.0 Å². The van der Waals surface area contributed by atoms with E-state index in [0.717, 1.165) is 50.4 Å². The van der Waals surface area contributed by atoms with Crippen LogP contribution in [0.2, 0.25) is 0 Å². The lowest BCUT2D eigenvalue weighted by Gasteiger charge is -2.60. The van der Waals surface area contributed by atoms with Gasteiger partial charge in [0.2, 0.25) is 0 Å². The molecule has 4 unspecified atom stereocenters. The maximum Gasteiger partial charge on any atom is 0.307 e. The summed E-state index contributed by atoms with van der Waals surface area (Å²) in [6.45, 7) is 5.13. The molecular formula is C22H35NO3. The Morgan fingerprint density at radius 2 is 1.92 bits per heavy atom. The van der Waals surface area contributed by atoms with Gasteiger partial charge in [0.25, 0.3) is 0 Å². The number of Topliss-reactive ketones (excluding diaryl/α,β-unsaturated/α-hetero) is 1. The fourth-order valence-corrected chi connectivity index (χ4v) is 7.46. The molecule has 4 nitrogen and oxygen atoms in total. The summed E-state index contributed by atoms with van der Waals surface area (Å²) in [5.41, 5.74) is 5.81. The van der Waals surface area contributed by atoms with Crippen molar-refractivity contribution in [2.24, 2.45) is 40.2 Å². The van der Waals surface area contributed by atoms with Crippen molar-refractivity contribution in [2.75, 3.05) is 6.54 Å². The molecule has 0 radical (unpaired) electrons. The zero-order chi connectivity index (χ0) is 18.5. The van der Waals surface area contributed by atoms with Gasteiger partial charge in [0.1, 0.15) is 11.9 Å². The molecule has 0 aromatic rings. The summed E-state index contributed by atoms with van der Waals surface area (Å²) in [4.78, 5) is 24.3. The Hall–Kier alpha value is -0.900. The fraction of sp³-hybridized carbons (Fsp3) is 0.909. The standard InChI is InChI=1S/C22H35NO3/c1-21-10-7-15(26-20(25)9-12-23)13-14(21)3-4-16-17-5-6-19(24)22(17,2)11-8-18(16)21/h14-18H,3-13,23H2,1-2H3/t14?,15-,16?,17?,18?,21-,22-/m0/s1. The number of ketones is 1. The van der Waals surface area contributed by atoms with Crippen molar-refractivity contribution in [3.05, 3.63) is 0 Å². The molecule has 0 aromatic carbocycles. The SMILES string of the molecule is C[C@]12CC[C@H](OC(=O)CCN)CC1CCC1C2CC[C@]2(C)C(=O)CCC12. The number of fused-ring (bicyclic) bond motifs is 5. The quantitative estimate of drug-likeness (QED) is 0.775. The first-order chi connectivity index (χ1) is 12.4. The third-order valence-corrected chi connectivity index (χ3v) is 8.97. The predicted molar refractivity (Wildman–Crippen MR) is 100 cm³/mol. The average Bonchev–Trinajstić information content (AvgIpc) is 2.91. The summed E-state index contributed by atoms with van der Waals surface area (Å²) in [6, 6.07) is 0. The van der Waals surface area contributed by atoms with Gasteiger partial charge in [-0.2, -0.15) is 0 Å². The molecule has 7 atom stereocenters. The first-order valence-electron chi connectivity index (χ1n) is 10.8. The molecule has 2 N–H and O–H groups in total. The van der Waals surface area contributed by atoms with Crippen molar-refractivity contribution < 1.29 is 14.3 Å². The zero-order valence-electron chi connectivity index (χ0n) is 16.5.